The lowest BCUT2D eigenvalue weighted by atomic mass is 10.1. The van der Waals surface area contributed by atoms with E-state index in [-0.39, 0.29) is 0 Å². The molecule has 0 aliphatic rings. The van der Waals surface area contributed by atoms with Crippen LogP contribution < -0.4 is 5.32 Å². The first-order valence-corrected chi connectivity index (χ1v) is 8.14. The average molecular weight is 330 g/mol. The van der Waals surface area contributed by atoms with E-state index in [4.69, 9.17) is 0 Å². The Kier molecular flexibility index (Phi) is 3.85. The van der Waals surface area contributed by atoms with Gasteiger partial charge in [0.05, 0.1) is 0 Å². The molecule has 0 saturated carbocycles. The fourth-order valence-corrected chi connectivity index (χ4v) is 2.72. The number of pyridine rings is 1. The molecule has 0 aliphatic heterocycles. The van der Waals surface area contributed by atoms with E-state index in [1.165, 1.54) is 11.1 Å². The third-order valence-electron chi connectivity index (χ3n) is 4.08. The van der Waals surface area contributed by atoms with Crippen molar-refractivity contribution in [2.24, 2.45) is 0 Å². The van der Waals surface area contributed by atoms with Crippen LogP contribution in [0, 0.1) is 13.8 Å². The molecule has 6 nitrogen and oxygen atoms in total. The lowest BCUT2D eigenvalue weighted by Gasteiger charge is -2.10. The molecule has 0 saturated heterocycles. The second-order valence-electron chi connectivity index (χ2n) is 5.95. The summed E-state index contributed by atoms with van der Waals surface area (Å²) in [6.07, 6.45) is 3.49. The van der Waals surface area contributed by atoms with Crippen LogP contribution in [0.2, 0.25) is 0 Å². The molecule has 3 heterocycles. The van der Waals surface area contributed by atoms with Gasteiger partial charge in [0.1, 0.15) is 5.82 Å². The van der Waals surface area contributed by atoms with Crippen molar-refractivity contribution in [1.82, 2.24) is 24.6 Å². The Labute approximate surface area is 145 Å². The van der Waals surface area contributed by atoms with Crippen molar-refractivity contribution < 1.29 is 0 Å². The minimum absolute atomic E-state index is 0.575. The van der Waals surface area contributed by atoms with Crippen LogP contribution in [0.15, 0.2) is 54.9 Å². The fourth-order valence-electron chi connectivity index (χ4n) is 2.72. The summed E-state index contributed by atoms with van der Waals surface area (Å²) < 4.78 is 1.74. The van der Waals surface area contributed by atoms with Crippen molar-refractivity contribution in [1.29, 1.82) is 0 Å². The van der Waals surface area contributed by atoms with Crippen molar-refractivity contribution >= 4 is 11.6 Å². The number of aryl methyl sites for hydroxylation is 2. The van der Waals surface area contributed by atoms with Gasteiger partial charge >= 0.3 is 0 Å². The predicted octanol–water partition coefficient (Wildman–Crippen LogP) is 3.42. The summed E-state index contributed by atoms with van der Waals surface area (Å²) >= 11 is 0. The number of rotatable bonds is 4. The summed E-state index contributed by atoms with van der Waals surface area (Å²) in [7, 11) is 0. The fraction of sp³-hybridized carbons (Fsp3) is 0.158. The van der Waals surface area contributed by atoms with Gasteiger partial charge in [0.25, 0.3) is 5.78 Å². The van der Waals surface area contributed by atoms with Crippen molar-refractivity contribution in [3.63, 3.8) is 0 Å². The van der Waals surface area contributed by atoms with Gasteiger partial charge in [-0.25, -0.2) is 4.98 Å². The minimum Gasteiger partial charge on any atom is -0.366 e. The molecule has 0 bridgehead atoms. The van der Waals surface area contributed by atoms with E-state index in [0.717, 1.165) is 17.1 Å². The lowest BCUT2D eigenvalue weighted by molar-refractivity contribution is 0.917. The van der Waals surface area contributed by atoms with Crippen LogP contribution in [0.1, 0.15) is 16.8 Å². The Morgan fingerprint density at radius 2 is 1.92 bits per heavy atom. The maximum absolute atomic E-state index is 4.60. The molecule has 25 heavy (non-hydrogen) atoms. The molecular formula is C19H18N6. The third-order valence-corrected chi connectivity index (χ3v) is 4.08. The maximum atomic E-state index is 4.60. The number of fused-ring (bicyclic) bond motifs is 1. The van der Waals surface area contributed by atoms with Crippen LogP contribution in [-0.2, 0) is 6.54 Å². The van der Waals surface area contributed by atoms with Crippen molar-refractivity contribution in [2.45, 2.75) is 20.4 Å². The molecule has 0 aliphatic carbocycles. The Balaban J connectivity index is 1.71. The van der Waals surface area contributed by atoms with E-state index < -0.39 is 0 Å². The smallest absolute Gasteiger partial charge is 0.254 e. The highest BCUT2D eigenvalue weighted by Crippen LogP contribution is 2.18. The van der Waals surface area contributed by atoms with Crippen molar-refractivity contribution in [3.8, 4) is 11.4 Å². The summed E-state index contributed by atoms with van der Waals surface area (Å²) in [4.78, 5) is 13.2. The first-order chi connectivity index (χ1) is 12.2. The molecule has 0 atom stereocenters. The second kappa shape index (κ2) is 6.32. The summed E-state index contributed by atoms with van der Waals surface area (Å²) in [6.45, 7) is 4.78. The summed E-state index contributed by atoms with van der Waals surface area (Å²) in [5.41, 5.74) is 4.27. The van der Waals surface area contributed by atoms with Crippen LogP contribution in [0.3, 0.4) is 0 Å². The zero-order valence-corrected chi connectivity index (χ0v) is 14.1. The molecule has 0 unspecified atom stereocenters. The molecule has 0 spiro atoms. The van der Waals surface area contributed by atoms with Gasteiger partial charge in [-0.1, -0.05) is 24.3 Å². The normalized spacial score (nSPS) is 11.0. The largest absolute Gasteiger partial charge is 0.366 e. The van der Waals surface area contributed by atoms with E-state index >= 15 is 0 Å². The van der Waals surface area contributed by atoms with Crippen molar-refractivity contribution in [3.05, 3.63) is 71.7 Å². The molecule has 3 aromatic heterocycles. The topological polar surface area (TPSA) is 68.0 Å². The van der Waals surface area contributed by atoms with Gasteiger partial charge < -0.3 is 5.32 Å². The van der Waals surface area contributed by atoms with Gasteiger partial charge in [0, 0.05) is 36.3 Å². The zero-order valence-electron chi connectivity index (χ0n) is 14.1. The van der Waals surface area contributed by atoms with E-state index in [1.807, 2.05) is 37.3 Å². The number of anilines is 1. The van der Waals surface area contributed by atoms with Crippen molar-refractivity contribution in [2.75, 3.05) is 5.32 Å². The number of aromatic nitrogens is 5. The number of hydrogen-bond donors (Lipinski definition) is 1. The number of nitrogens with one attached hydrogen (secondary N) is 1. The molecule has 4 aromatic rings. The maximum Gasteiger partial charge on any atom is 0.254 e. The molecule has 0 radical (unpaired) electrons. The zero-order chi connectivity index (χ0) is 17.2. The number of benzene rings is 1. The first-order valence-electron chi connectivity index (χ1n) is 8.14. The highest BCUT2D eigenvalue weighted by Gasteiger charge is 2.11. The summed E-state index contributed by atoms with van der Waals surface area (Å²) in [6, 6.07) is 14.1. The Bertz CT molecular complexity index is 1020. The summed E-state index contributed by atoms with van der Waals surface area (Å²) in [5.74, 6) is 2.06. The highest BCUT2D eigenvalue weighted by atomic mass is 15.4. The molecule has 1 aromatic carbocycles. The average Bonchev–Trinajstić information content (AvgIpc) is 3.05. The van der Waals surface area contributed by atoms with Crippen LogP contribution in [0.25, 0.3) is 17.2 Å². The molecule has 0 fully saturated rings. The lowest BCUT2D eigenvalue weighted by Crippen LogP contribution is -2.07. The highest BCUT2D eigenvalue weighted by molar-refractivity contribution is 5.57. The Hall–Kier alpha value is -3.28. The van der Waals surface area contributed by atoms with Crippen LogP contribution in [0.5, 0.6) is 0 Å². The second-order valence-corrected chi connectivity index (χ2v) is 5.95. The molecule has 124 valence electrons. The quantitative estimate of drug-likeness (QED) is 0.621. The van der Waals surface area contributed by atoms with Gasteiger partial charge in [0.15, 0.2) is 5.82 Å². The molecular weight excluding hydrogens is 312 g/mol. The van der Waals surface area contributed by atoms with Gasteiger partial charge in [0.2, 0.25) is 0 Å². The monoisotopic (exact) mass is 330 g/mol. The number of nitrogens with zero attached hydrogens (tertiary/aromatic N) is 5. The van der Waals surface area contributed by atoms with Crippen LogP contribution in [0.4, 0.5) is 5.82 Å². The SMILES string of the molecule is Cc1cc(NCc2ccccc2C)n2nc(-c3cccnc3)nc2n1. The third kappa shape index (κ3) is 3.06. The molecule has 6 heteroatoms. The van der Waals surface area contributed by atoms with Crippen LogP contribution in [-0.4, -0.2) is 24.6 Å². The standard InChI is InChI=1S/C19H18N6/c1-13-6-3-4-7-15(13)12-21-17-10-14(2)22-19-23-18(24-25(17)19)16-8-5-9-20-11-16/h3-11,21H,12H2,1-2H3. The first kappa shape index (κ1) is 15.3. The summed E-state index contributed by atoms with van der Waals surface area (Å²) in [5, 5.41) is 8.05. The predicted molar refractivity (Wildman–Crippen MR) is 97.3 cm³/mol. The Morgan fingerprint density at radius 3 is 2.72 bits per heavy atom. The van der Waals surface area contributed by atoms with E-state index in [1.54, 1.807) is 16.9 Å². The van der Waals surface area contributed by atoms with E-state index in [0.29, 0.717) is 18.1 Å². The minimum atomic E-state index is 0.575. The molecule has 4 rings (SSSR count). The van der Waals surface area contributed by atoms with Gasteiger partial charge in [-0.2, -0.15) is 9.50 Å². The Morgan fingerprint density at radius 1 is 1.04 bits per heavy atom. The van der Waals surface area contributed by atoms with E-state index in [9.17, 15) is 0 Å². The van der Waals surface area contributed by atoms with Gasteiger partial charge in [-0.15, -0.1) is 5.10 Å². The molecule has 1 N–H and O–H groups in total. The van der Waals surface area contributed by atoms with Gasteiger partial charge in [-0.3, -0.25) is 4.98 Å². The van der Waals surface area contributed by atoms with Crippen LogP contribution >= 0.6 is 0 Å². The van der Waals surface area contributed by atoms with Gasteiger partial charge in [-0.05, 0) is 37.1 Å². The molecule has 0 amide bonds. The number of hydrogen-bond acceptors (Lipinski definition) is 5. The van der Waals surface area contributed by atoms with E-state index in [2.05, 4.69) is 44.4 Å².